The van der Waals surface area contributed by atoms with Crippen LogP contribution in [0.25, 0.3) is 0 Å². The topological polar surface area (TPSA) is 73.4 Å². The van der Waals surface area contributed by atoms with Crippen molar-refractivity contribution < 1.29 is 19.1 Å². The van der Waals surface area contributed by atoms with Crippen molar-refractivity contribution in [2.24, 2.45) is 0 Å². The number of nitrogens with zero attached hydrogens (tertiary/aromatic N) is 4. The SMILES string of the molecule is CN1CCN(C2=CCC(C=C3C(=O)N(C)C(=O)N(C)C3=O)O2)CC1. The van der Waals surface area contributed by atoms with Gasteiger partial charge in [-0.15, -0.1) is 0 Å². The standard InChI is InChI=1S/C16H22N4O4/c1-17-6-8-20(9-7-17)13-5-4-11(24-13)10-12-14(21)18(2)16(23)19(3)15(12)22/h5,10-11H,4,6-9H2,1-3H3. The number of rotatable bonds is 2. The van der Waals surface area contributed by atoms with E-state index in [-0.39, 0.29) is 11.7 Å². The van der Waals surface area contributed by atoms with E-state index in [1.54, 1.807) is 0 Å². The summed E-state index contributed by atoms with van der Waals surface area (Å²) in [4.78, 5) is 42.5. The van der Waals surface area contributed by atoms with E-state index in [9.17, 15) is 14.4 Å². The van der Waals surface area contributed by atoms with Crippen molar-refractivity contribution in [1.82, 2.24) is 19.6 Å². The minimum atomic E-state index is -0.620. The lowest BCUT2D eigenvalue weighted by molar-refractivity contribution is -0.134. The van der Waals surface area contributed by atoms with Crippen LogP contribution < -0.4 is 0 Å². The van der Waals surface area contributed by atoms with Gasteiger partial charge in [0.2, 0.25) is 0 Å². The zero-order valence-electron chi connectivity index (χ0n) is 14.2. The lowest BCUT2D eigenvalue weighted by atomic mass is 10.1. The molecule has 1 unspecified atom stereocenters. The van der Waals surface area contributed by atoms with Crippen LogP contribution in [-0.2, 0) is 14.3 Å². The Morgan fingerprint density at radius 3 is 2.17 bits per heavy atom. The number of hydrogen-bond donors (Lipinski definition) is 0. The highest BCUT2D eigenvalue weighted by Crippen LogP contribution is 2.25. The first-order valence-electron chi connectivity index (χ1n) is 8.00. The highest BCUT2D eigenvalue weighted by molar-refractivity contribution is 6.28. The number of amides is 4. The average molecular weight is 334 g/mol. The van der Waals surface area contributed by atoms with Crippen LogP contribution in [-0.4, -0.2) is 90.9 Å². The zero-order valence-corrected chi connectivity index (χ0v) is 14.2. The largest absolute Gasteiger partial charge is 0.471 e. The molecule has 3 heterocycles. The summed E-state index contributed by atoms with van der Waals surface area (Å²) in [5.41, 5.74) is -0.0161. The lowest BCUT2D eigenvalue weighted by Gasteiger charge is -2.34. The van der Waals surface area contributed by atoms with Gasteiger partial charge in [0.1, 0.15) is 11.7 Å². The molecule has 0 aromatic carbocycles. The molecular formula is C16H22N4O4. The lowest BCUT2D eigenvalue weighted by Crippen LogP contribution is -2.53. The number of imide groups is 2. The molecule has 2 saturated heterocycles. The maximum Gasteiger partial charge on any atom is 0.333 e. The van der Waals surface area contributed by atoms with Crippen molar-refractivity contribution in [2.45, 2.75) is 12.5 Å². The molecule has 3 aliphatic heterocycles. The smallest absolute Gasteiger partial charge is 0.333 e. The molecular weight excluding hydrogens is 312 g/mol. The fourth-order valence-electron chi connectivity index (χ4n) is 2.98. The van der Waals surface area contributed by atoms with Gasteiger partial charge in [-0.05, 0) is 19.2 Å². The highest BCUT2D eigenvalue weighted by Gasteiger charge is 2.38. The second-order valence-electron chi connectivity index (χ2n) is 6.32. The minimum Gasteiger partial charge on any atom is -0.471 e. The van der Waals surface area contributed by atoms with E-state index < -0.39 is 17.8 Å². The van der Waals surface area contributed by atoms with Crippen molar-refractivity contribution in [3.63, 3.8) is 0 Å². The molecule has 130 valence electrons. The summed E-state index contributed by atoms with van der Waals surface area (Å²) in [7, 11) is 4.82. The summed E-state index contributed by atoms with van der Waals surface area (Å²) in [6.07, 6.45) is 3.76. The molecule has 0 N–H and O–H groups in total. The van der Waals surface area contributed by atoms with Crippen LogP contribution in [0.1, 0.15) is 6.42 Å². The summed E-state index contributed by atoms with van der Waals surface area (Å²) < 4.78 is 5.90. The van der Waals surface area contributed by atoms with Crippen LogP contribution in [0.5, 0.6) is 0 Å². The van der Waals surface area contributed by atoms with E-state index in [1.165, 1.54) is 20.2 Å². The van der Waals surface area contributed by atoms with E-state index in [0.29, 0.717) is 6.42 Å². The van der Waals surface area contributed by atoms with Gasteiger partial charge in [-0.25, -0.2) is 4.79 Å². The molecule has 1 atom stereocenters. The van der Waals surface area contributed by atoms with Crippen molar-refractivity contribution >= 4 is 17.8 Å². The fourth-order valence-corrected chi connectivity index (χ4v) is 2.98. The van der Waals surface area contributed by atoms with Crippen LogP contribution in [0.3, 0.4) is 0 Å². The summed E-state index contributed by atoms with van der Waals surface area (Å²) in [5, 5.41) is 0. The van der Waals surface area contributed by atoms with Gasteiger partial charge in [0.15, 0.2) is 5.88 Å². The molecule has 4 amide bonds. The Morgan fingerprint density at radius 2 is 1.58 bits per heavy atom. The molecule has 2 fully saturated rings. The normalized spacial score (nSPS) is 26.0. The summed E-state index contributed by atoms with van der Waals surface area (Å²) >= 11 is 0. The van der Waals surface area contributed by atoms with E-state index >= 15 is 0 Å². The zero-order chi connectivity index (χ0) is 17.4. The number of ether oxygens (including phenoxy) is 1. The van der Waals surface area contributed by atoms with Crippen LogP contribution in [0.2, 0.25) is 0 Å². The van der Waals surface area contributed by atoms with E-state index in [4.69, 9.17) is 4.74 Å². The van der Waals surface area contributed by atoms with Gasteiger partial charge >= 0.3 is 6.03 Å². The summed E-state index contributed by atoms with van der Waals surface area (Å²) in [5.74, 6) is -0.363. The third kappa shape index (κ3) is 2.89. The Hall–Kier alpha value is -2.35. The molecule has 0 spiro atoms. The monoisotopic (exact) mass is 334 g/mol. The van der Waals surface area contributed by atoms with E-state index in [0.717, 1.165) is 41.9 Å². The molecule has 24 heavy (non-hydrogen) atoms. The van der Waals surface area contributed by atoms with Gasteiger partial charge in [-0.3, -0.25) is 19.4 Å². The van der Waals surface area contributed by atoms with Crippen LogP contribution >= 0.6 is 0 Å². The molecule has 0 aromatic rings. The average Bonchev–Trinajstić information content (AvgIpc) is 3.04. The second-order valence-corrected chi connectivity index (χ2v) is 6.32. The van der Waals surface area contributed by atoms with Crippen molar-refractivity contribution in [1.29, 1.82) is 0 Å². The van der Waals surface area contributed by atoms with Crippen LogP contribution in [0.15, 0.2) is 23.6 Å². The molecule has 0 aromatic heterocycles. The van der Waals surface area contributed by atoms with E-state index in [1.807, 2.05) is 6.08 Å². The van der Waals surface area contributed by atoms with Crippen LogP contribution in [0, 0.1) is 0 Å². The predicted molar refractivity (Wildman–Crippen MR) is 85.7 cm³/mol. The third-order valence-corrected chi connectivity index (χ3v) is 4.61. The van der Waals surface area contributed by atoms with Crippen molar-refractivity contribution in [2.75, 3.05) is 47.3 Å². The molecule has 0 aliphatic carbocycles. The maximum absolute atomic E-state index is 12.2. The van der Waals surface area contributed by atoms with Crippen LogP contribution in [0.4, 0.5) is 4.79 Å². The first-order chi connectivity index (χ1) is 11.4. The number of piperazine rings is 1. The van der Waals surface area contributed by atoms with Gasteiger partial charge in [0.25, 0.3) is 11.8 Å². The number of hydrogen-bond acceptors (Lipinski definition) is 6. The molecule has 0 saturated carbocycles. The Kier molecular flexibility index (Phi) is 4.31. The minimum absolute atomic E-state index is 0.0161. The van der Waals surface area contributed by atoms with Gasteiger partial charge in [0, 0.05) is 46.7 Å². The Morgan fingerprint density at radius 1 is 1.00 bits per heavy atom. The molecule has 8 heteroatoms. The number of carbonyl (C=O) groups is 3. The second kappa shape index (κ2) is 6.27. The molecule has 3 aliphatic rings. The quantitative estimate of drug-likeness (QED) is 0.516. The Bertz CT molecular complexity index is 608. The number of carbonyl (C=O) groups excluding carboxylic acids is 3. The highest BCUT2D eigenvalue weighted by atomic mass is 16.5. The van der Waals surface area contributed by atoms with Gasteiger partial charge in [-0.2, -0.15) is 0 Å². The first-order valence-corrected chi connectivity index (χ1v) is 8.00. The number of likely N-dealkylation sites (N-methyl/N-ethyl adjacent to an activating group) is 3. The van der Waals surface area contributed by atoms with Gasteiger partial charge < -0.3 is 14.5 Å². The van der Waals surface area contributed by atoms with E-state index in [2.05, 4.69) is 16.8 Å². The summed E-state index contributed by atoms with van der Waals surface area (Å²) in [6, 6.07) is -0.620. The fraction of sp³-hybridized carbons (Fsp3) is 0.562. The first kappa shape index (κ1) is 16.5. The summed E-state index contributed by atoms with van der Waals surface area (Å²) in [6.45, 7) is 3.73. The maximum atomic E-state index is 12.2. The van der Waals surface area contributed by atoms with Gasteiger partial charge in [-0.1, -0.05) is 0 Å². The number of urea groups is 1. The molecule has 3 rings (SSSR count). The predicted octanol–water partition coefficient (Wildman–Crippen LogP) is -0.159. The number of barbiturate groups is 1. The van der Waals surface area contributed by atoms with Crippen molar-refractivity contribution in [3.8, 4) is 0 Å². The molecule has 0 radical (unpaired) electrons. The third-order valence-electron chi connectivity index (χ3n) is 4.61. The molecule has 0 bridgehead atoms. The Labute approximate surface area is 140 Å². The van der Waals surface area contributed by atoms with Crippen molar-refractivity contribution in [3.05, 3.63) is 23.6 Å². The Balaban J connectivity index is 1.68. The molecule has 8 nitrogen and oxygen atoms in total. The van der Waals surface area contributed by atoms with Gasteiger partial charge in [0.05, 0.1) is 0 Å².